The topological polar surface area (TPSA) is 0 Å². The molecule has 0 aromatic heterocycles. The van der Waals surface area contributed by atoms with Crippen molar-refractivity contribution < 1.29 is 0 Å². The van der Waals surface area contributed by atoms with Crippen LogP contribution < -0.4 is 0 Å². The Labute approximate surface area is 212 Å². The van der Waals surface area contributed by atoms with Crippen molar-refractivity contribution in [3.63, 3.8) is 0 Å². The van der Waals surface area contributed by atoms with Crippen molar-refractivity contribution in [3.8, 4) is 0 Å². The molecule has 0 unspecified atom stereocenters. The normalized spacial score (nSPS) is 13.5. The highest BCUT2D eigenvalue weighted by Crippen LogP contribution is 2.21. The van der Waals surface area contributed by atoms with Gasteiger partial charge in [-0.2, -0.15) is 0 Å². The predicted octanol–water partition coefficient (Wildman–Crippen LogP) is 12.8. The van der Waals surface area contributed by atoms with E-state index in [1.54, 1.807) is 0 Å². The van der Waals surface area contributed by atoms with Crippen molar-refractivity contribution in [2.24, 2.45) is 11.8 Å². The summed E-state index contributed by atoms with van der Waals surface area (Å²) in [5, 5.41) is 0. The van der Waals surface area contributed by atoms with E-state index in [1.807, 2.05) is 0 Å². The first-order valence-electron chi connectivity index (χ1n) is 16.2. The van der Waals surface area contributed by atoms with E-state index in [-0.39, 0.29) is 0 Å². The average molecular weight is 465 g/mol. The van der Waals surface area contributed by atoms with Gasteiger partial charge in [0.05, 0.1) is 0 Å². The van der Waals surface area contributed by atoms with Crippen molar-refractivity contribution in [2.45, 2.75) is 201 Å². The molecule has 0 amide bonds. The first-order valence-corrected chi connectivity index (χ1v) is 16.2. The Morgan fingerprint density at radius 1 is 0.273 bits per heavy atom. The van der Waals surface area contributed by atoms with E-state index >= 15 is 0 Å². The molecule has 0 aliphatic rings. The molecule has 0 saturated heterocycles. The summed E-state index contributed by atoms with van der Waals surface area (Å²) >= 11 is 0. The lowest BCUT2D eigenvalue weighted by Gasteiger charge is -2.13. The molecule has 33 heavy (non-hydrogen) atoms. The first-order chi connectivity index (χ1) is 16.2. The molecule has 0 N–H and O–H groups in total. The van der Waals surface area contributed by atoms with E-state index in [4.69, 9.17) is 0 Å². The van der Waals surface area contributed by atoms with Gasteiger partial charge in [0.25, 0.3) is 0 Å². The van der Waals surface area contributed by atoms with Crippen molar-refractivity contribution in [3.05, 3.63) is 0 Å². The van der Waals surface area contributed by atoms with Crippen LogP contribution in [0.2, 0.25) is 0 Å². The average Bonchev–Trinajstić information content (AvgIpc) is 2.81. The molecular weight excluding hydrogens is 396 g/mol. The number of unbranched alkanes of at least 4 members (excludes halogenated alkanes) is 20. The molecule has 0 bridgehead atoms. The molecule has 0 aliphatic heterocycles. The molecule has 0 aliphatic carbocycles. The zero-order valence-electron chi connectivity index (χ0n) is 24.2. The van der Waals surface area contributed by atoms with Gasteiger partial charge in [-0.05, 0) is 11.8 Å². The number of rotatable bonds is 28. The van der Waals surface area contributed by atoms with Crippen LogP contribution in [-0.2, 0) is 0 Å². The summed E-state index contributed by atoms with van der Waals surface area (Å²) in [5.74, 6) is 1.92. The van der Waals surface area contributed by atoms with Crippen LogP contribution in [0.5, 0.6) is 0 Å². The van der Waals surface area contributed by atoms with Crippen LogP contribution in [0.4, 0.5) is 0 Å². The Hall–Kier alpha value is 0. The molecule has 0 heterocycles. The van der Waals surface area contributed by atoms with E-state index in [2.05, 4.69) is 27.7 Å². The lowest BCUT2D eigenvalue weighted by molar-refractivity contribution is 0.407. The van der Waals surface area contributed by atoms with Crippen LogP contribution in [0.25, 0.3) is 0 Å². The smallest absolute Gasteiger partial charge is 0.0443 e. The maximum Gasteiger partial charge on any atom is -0.0443 e. The Morgan fingerprint density at radius 3 is 0.697 bits per heavy atom. The Kier molecular flexibility index (Phi) is 28.2. The molecule has 0 fully saturated rings. The lowest BCUT2D eigenvalue weighted by Crippen LogP contribution is -1.97. The van der Waals surface area contributed by atoms with Gasteiger partial charge in [0.1, 0.15) is 0 Å². The molecule has 0 rings (SSSR count). The van der Waals surface area contributed by atoms with Crippen LogP contribution in [0.1, 0.15) is 201 Å². The van der Waals surface area contributed by atoms with Crippen LogP contribution >= 0.6 is 0 Å². The highest BCUT2D eigenvalue weighted by Gasteiger charge is 2.05. The third kappa shape index (κ3) is 28.1. The van der Waals surface area contributed by atoms with Gasteiger partial charge in [-0.1, -0.05) is 201 Å². The fraction of sp³-hybridized carbons (Fsp3) is 1.00. The van der Waals surface area contributed by atoms with Gasteiger partial charge in [-0.15, -0.1) is 0 Å². The molecule has 200 valence electrons. The van der Waals surface area contributed by atoms with Gasteiger partial charge in [-0.25, -0.2) is 0 Å². The fourth-order valence-electron chi connectivity index (χ4n) is 5.41. The number of hydrogen-bond donors (Lipinski definition) is 0. The van der Waals surface area contributed by atoms with Crippen LogP contribution in [0.15, 0.2) is 0 Å². The summed E-state index contributed by atoms with van der Waals surface area (Å²) in [7, 11) is 0. The summed E-state index contributed by atoms with van der Waals surface area (Å²) in [4.78, 5) is 0. The highest BCUT2D eigenvalue weighted by atomic mass is 14.1. The Morgan fingerprint density at radius 2 is 0.455 bits per heavy atom. The zero-order chi connectivity index (χ0) is 24.2. The largest absolute Gasteiger partial charge is 0.0654 e. The third-order valence-electron chi connectivity index (χ3n) is 7.99. The quantitative estimate of drug-likeness (QED) is 0.101. The van der Waals surface area contributed by atoms with Gasteiger partial charge in [0.15, 0.2) is 0 Å². The predicted molar refractivity (Wildman–Crippen MR) is 154 cm³/mol. The van der Waals surface area contributed by atoms with E-state index in [0.29, 0.717) is 0 Å². The summed E-state index contributed by atoms with van der Waals surface area (Å²) in [6, 6.07) is 0. The standard InChI is InChI=1S/C33H68/c1-5-7-9-11-13-15-16-17-18-20-22-25-29-33(4)31-27-23-26-30-32(3)28-24-21-19-14-12-10-8-6-2/h32-33H,5-31H2,1-4H3/t32-,33+/m1/s1. The first kappa shape index (κ1) is 33.0. The summed E-state index contributed by atoms with van der Waals surface area (Å²) in [5.41, 5.74) is 0. The van der Waals surface area contributed by atoms with Crippen LogP contribution in [-0.4, -0.2) is 0 Å². The third-order valence-corrected chi connectivity index (χ3v) is 7.99. The minimum Gasteiger partial charge on any atom is -0.0654 e. The highest BCUT2D eigenvalue weighted by molar-refractivity contribution is 4.58. The van der Waals surface area contributed by atoms with Crippen molar-refractivity contribution in [2.75, 3.05) is 0 Å². The maximum atomic E-state index is 2.50. The summed E-state index contributed by atoms with van der Waals surface area (Å²) in [6.07, 6.45) is 39.6. The maximum absolute atomic E-state index is 2.50. The molecule has 0 spiro atoms. The van der Waals surface area contributed by atoms with Crippen molar-refractivity contribution in [1.29, 1.82) is 0 Å². The molecule has 0 heteroatoms. The minimum absolute atomic E-state index is 0.961. The molecule has 0 aromatic rings. The van der Waals surface area contributed by atoms with E-state index in [1.165, 1.54) is 173 Å². The van der Waals surface area contributed by atoms with E-state index in [0.717, 1.165) is 11.8 Å². The number of hydrogen-bond acceptors (Lipinski definition) is 0. The summed E-state index contributed by atoms with van der Waals surface area (Å²) in [6.45, 7) is 9.62. The summed E-state index contributed by atoms with van der Waals surface area (Å²) < 4.78 is 0. The molecule has 0 nitrogen and oxygen atoms in total. The molecule has 0 radical (unpaired) electrons. The Balaban J connectivity index is 3.25. The fourth-order valence-corrected chi connectivity index (χ4v) is 5.41. The zero-order valence-corrected chi connectivity index (χ0v) is 24.2. The molecular formula is C33H68. The Bertz CT molecular complexity index is 333. The van der Waals surface area contributed by atoms with Gasteiger partial charge in [-0.3, -0.25) is 0 Å². The van der Waals surface area contributed by atoms with E-state index in [9.17, 15) is 0 Å². The van der Waals surface area contributed by atoms with Gasteiger partial charge in [0.2, 0.25) is 0 Å². The monoisotopic (exact) mass is 465 g/mol. The van der Waals surface area contributed by atoms with Crippen LogP contribution in [0, 0.1) is 11.8 Å². The molecule has 2 atom stereocenters. The second-order valence-electron chi connectivity index (χ2n) is 11.8. The van der Waals surface area contributed by atoms with Crippen molar-refractivity contribution in [1.82, 2.24) is 0 Å². The van der Waals surface area contributed by atoms with Gasteiger partial charge in [0, 0.05) is 0 Å². The van der Waals surface area contributed by atoms with Crippen molar-refractivity contribution >= 4 is 0 Å². The molecule has 0 aromatic carbocycles. The van der Waals surface area contributed by atoms with Crippen LogP contribution in [0.3, 0.4) is 0 Å². The minimum atomic E-state index is 0.961. The second-order valence-corrected chi connectivity index (χ2v) is 11.8. The molecule has 0 saturated carbocycles. The van der Waals surface area contributed by atoms with Gasteiger partial charge < -0.3 is 0 Å². The lowest BCUT2D eigenvalue weighted by atomic mass is 9.93. The van der Waals surface area contributed by atoms with E-state index < -0.39 is 0 Å². The van der Waals surface area contributed by atoms with Gasteiger partial charge >= 0.3 is 0 Å². The second kappa shape index (κ2) is 28.2. The SMILES string of the molecule is CCCCCCCCCCCCCC[C@H](C)CCCCC[C@H](C)CCCCCCCCCC.